The Kier molecular flexibility index (Phi) is 4.26. The first-order valence-corrected chi connectivity index (χ1v) is 7.81. The Labute approximate surface area is 123 Å². The van der Waals surface area contributed by atoms with E-state index in [9.17, 15) is 8.42 Å². The highest BCUT2D eigenvalue weighted by Gasteiger charge is 2.46. The lowest BCUT2D eigenvalue weighted by Gasteiger charge is -2.35. The van der Waals surface area contributed by atoms with Crippen molar-refractivity contribution in [3.8, 4) is 0 Å². The van der Waals surface area contributed by atoms with Gasteiger partial charge in [-0.1, -0.05) is 43.0 Å². The molecule has 0 amide bonds. The van der Waals surface area contributed by atoms with Crippen molar-refractivity contribution >= 4 is 10.0 Å². The first-order chi connectivity index (χ1) is 9.95. The maximum absolute atomic E-state index is 12.2. The average Bonchev–Trinajstić information content (AvgIpc) is 2.97. The van der Waals surface area contributed by atoms with Gasteiger partial charge in [-0.15, -0.1) is 0 Å². The van der Waals surface area contributed by atoms with Gasteiger partial charge in [0.25, 0.3) is 0 Å². The van der Waals surface area contributed by atoms with Gasteiger partial charge in [0, 0.05) is 13.3 Å². The maximum atomic E-state index is 12.2. The monoisotopic (exact) mass is 307 g/mol. The highest BCUT2D eigenvalue weighted by atomic mass is 32.2. The molecule has 0 fully saturated rings. The fraction of sp³-hybridized carbons (Fsp3) is 0.214. The number of ether oxygens (including phenoxy) is 1. The topological polar surface area (TPSA) is 98.1 Å². The number of hydrogen-bond donors (Lipinski definition) is 2. The molecular formula is C14H17N3O3S. The molecule has 2 unspecified atom stereocenters. The molecule has 2 rings (SSSR count). The summed E-state index contributed by atoms with van der Waals surface area (Å²) in [5.41, 5.74) is -0.347. The van der Waals surface area contributed by atoms with Crippen LogP contribution in [-0.4, -0.2) is 25.5 Å². The van der Waals surface area contributed by atoms with E-state index in [1.165, 1.54) is 25.7 Å². The molecule has 0 radical (unpaired) electrons. The van der Waals surface area contributed by atoms with Gasteiger partial charge in [0.15, 0.2) is 5.25 Å². The minimum absolute atomic E-state index is 0.336. The minimum atomic E-state index is -3.99. The summed E-state index contributed by atoms with van der Waals surface area (Å²) in [7, 11) is -2.57. The Bertz CT molecular complexity index is 698. The molecule has 0 aliphatic carbocycles. The van der Waals surface area contributed by atoms with Crippen LogP contribution in [0.3, 0.4) is 0 Å². The van der Waals surface area contributed by atoms with E-state index < -0.39 is 20.9 Å². The molecule has 3 N–H and O–H groups in total. The molecule has 0 saturated heterocycles. The number of aromatic nitrogens is 2. The number of nitrogens with two attached hydrogens (primary N) is 1. The van der Waals surface area contributed by atoms with Crippen molar-refractivity contribution in [1.82, 2.24) is 9.97 Å². The molecule has 112 valence electrons. The van der Waals surface area contributed by atoms with E-state index in [0.29, 0.717) is 11.3 Å². The van der Waals surface area contributed by atoms with Gasteiger partial charge in [-0.25, -0.2) is 18.5 Å². The van der Waals surface area contributed by atoms with Crippen molar-refractivity contribution < 1.29 is 13.2 Å². The summed E-state index contributed by atoms with van der Waals surface area (Å²) in [5.74, 6) is 0. The van der Waals surface area contributed by atoms with Crippen LogP contribution >= 0.6 is 0 Å². The zero-order valence-corrected chi connectivity index (χ0v) is 12.4. The summed E-state index contributed by atoms with van der Waals surface area (Å²) in [6.07, 6.45) is 4.25. The molecule has 0 aliphatic heterocycles. The Hall–Kier alpha value is -1.96. The molecule has 6 nitrogen and oxygen atoms in total. The molecule has 0 aliphatic rings. The summed E-state index contributed by atoms with van der Waals surface area (Å²) in [4.78, 5) is 6.66. The SMILES string of the molecule is C=CC(OC)(c1ccccc1)C(c1cnc[nH]1)S(N)(=O)=O. The summed E-state index contributed by atoms with van der Waals surface area (Å²) >= 11 is 0. The highest BCUT2D eigenvalue weighted by Crippen LogP contribution is 2.42. The lowest BCUT2D eigenvalue weighted by molar-refractivity contribution is 0.0238. The third-order valence-electron chi connectivity index (χ3n) is 3.39. The van der Waals surface area contributed by atoms with Crippen molar-refractivity contribution in [2.45, 2.75) is 10.9 Å². The van der Waals surface area contributed by atoms with Crippen LogP contribution in [0.15, 0.2) is 55.5 Å². The molecule has 7 heteroatoms. The normalized spacial score (nSPS) is 16.1. The fourth-order valence-electron chi connectivity index (χ4n) is 2.45. The molecule has 1 heterocycles. The second-order valence-electron chi connectivity index (χ2n) is 4.54. The van der Waals surface area contributed by atoms with Gasteiger partial charge < -0.3 is 9.72 Å². The van der Waals surface area contributed by atoms with Crippen LogP contribution in [0.2, 0.25) is 0 Å². The number of benzene rings is 1. The van der Waals surface area contributed by atoms with E-state index in [1.807, 2.05) is 6.07 Å². The third-order valence-corrected chi connectivity index (χ3v) is 4.65. The van der Waals surface area contributed by atoms with Gasteiger partial charge in [0.1, 0.15) is 5.60 Å². The predicted octanol–water partition coefficient (Wildman–Crippen LogP) is 1.47. The van der Waals surface area contributed by atoms with E-state index >= 15 is 0 Å². The molecule has 0 saturated carbocycles. The second kappa shape index (κ2) is 5.80. The predicted molar refractivity (Wildman–Crippen MR) is 79.8 cm³/mol. The van der Waals surface area contributed by atoms with E-state index in [4.69, 9.17) is 9.88 Å². The van der Waals surface area contributed by atoms with Crippen LogP contribution in [0.4, 0.5) is 0 Å². The number of H-pyrrole nitrogens is 1. The van der Waals surface area contributed by atoms with E-state index in [2.05, 4.69) is 16.5 Å². The third kappa shape index (κ3) is 2.76. The number of nitrogens with one attached hydrogen (secondary N) is 1. The fourth-order valence-corrected chi connectivity index (χ4v) is 3.74. The van der Waals surface area contributed by atoms with Gasteiger partial charge in [-0.3, -0.25) is 0 Å². The van der Waals surface area contributed by atoms with E-state index in [1.54, 1.807) is 24.3 Å². The minimum Gasteiger partial charge on any atom is -0.368 e. The summed E-state index contributed by atoms with van der Waals surface area (Å²) in [6.45, 7) is 3.75. The van der Waals surface area contributed by atoms with Crippen LogP contribution in [-0.2, 0) is 20.4 Å². The average molecular weight is 307 g/mol. The van der Waals surface area contributed by atoms with Crippen molar-refractivity contribution in [3.63, 3.8) is 0 Å². The van der Waals surface area contributed by atoms with E-state index in [0.717, 1.165) is 0 Å². The first kappa shape index (κ1) is 15.4. The Balaban J connectivity index is 2.72. The van der Waals surface area contributed by atoms with Crippen LogP contribution in [0.5, 0.6) is 0 Å². The molecule has 0 spiro atoms. The van der Waals surface area contributed by atoms with Crippen LogP contribution < -0.4 is 5.14 Å². The number of methoxy groups -OCH3 is 1. The molecule has 2 atom stereocenters. The summed E-state index contributed by atoms with van der Waals surface area (Å²) in [5, 5.41) is 4.26. The van der Waals surface area contributed by atoms with Crippen molar-refractivity contribution in [3.05, 3.63) is 66.8 Å². The molecule has 2 aromatic rings. The Morgan fingerprint density at radius 2 is 2.10 bits per heavy atom. The molecule has 1 aromatic heterocycles. The molecule has 1 aromatic carbocycles. The van der Waals surface area contributed by atoms with Gasteiger partial charge in [-0.2, -0.15) is 0 Å². The van der Waals surface area contributed by atoms with Crippen LogP contribution in [0.25, 0.3) is 0 Å². The molecular weight excluding hydrogens is 290 g/mol. The zero-order valence-electron chi connectivity index (χ0n) is 11.6. The highest BCUT2D eigenvalue weighted by molar-refractivity contribution is 7.89. The van der Waals surface area contributed by atoms with Crippen molar-refractivity contribution in [2.24, 2.45) is 5.14 Å². The summed E-state index contributed by atoms with van der Waals surface area (Å²) in [6, 6.07) is 8.94. The van der Waals surface area contributed by atoms with Gasteiger partial charge >= 0.3 is 0 Å². The smallest absolute Gasteiger partial charge is 0.221 e. The quantitative estimate of drug-likeness (QED) is 0.789. The van der Waals surface area contributed by atoms with Crippen LogP contribution in [0.1, 0.15) is 16.5 Å². The number of rotatable bonds is 6. The summed E-state index contributed by atoms with van der Waals surface area (Å²) < 4.78 is 29.9. The van der Waals surface area contributed by atoms with Gasteiger partial charge in [0.2, 0.25) is 10.0 Å². The molecule has 0 bridgehead atoms. The zero-order chi connectivity index (χ0) is 15.5. The number of nitrogens with zero attached hydrogens (tertiary/aromatic N) is 1. The van der Waals surface area contributed by atoms with E-state index in [-0.39, 0.29) is 0 Å². The van der Waals surface area contributed by atoms with Gasteiger partial charge in [-0.05, 0) is 5.56 Å². The van der Waals surface area contributed by atoms with Crippen molar-refractivity contribution in [2.75, 3.05) is 7.11 Å². The maximum Gasteiger partial charge on any atom is 0.221 e. The second-order valence-corrected chi connectivity index (χ2v) is 6.19. The molecule has 21 heavy (non-hydrogen) atoms. The van der Waals surface area contributed by atoms with Crippen LogP contribution in [0, 0.1) is 0 Å². The largest absolute Gasteiger partial charge is 0.368 e. The lowest BCUT2D eigenvalue weighted by atomic mass is 9.88. The number of sulfonamides is 1. The van der Waals surface area contributed by atoms with Gasteiger partial charge in [0.05, 0.1) is 12.0 Å². The Morgan fingerprint density at radius 3 is 2.52 bits per heavy atom. The van der Waals surface area contributed by atoms with Crippen molar-refractivity contribution in [1.29, 1.82) is 0 Å². The number of hydrogen-bond acceptors (Lipinski definition) is 4. The first-order valence-electron chi connectivity index (χ1n) is 6.20. The number of primary sulfonamides is 1. The Morgan fingerprint density at radius 1 is 1.43 bits per heavy atom. The standard InChI is InChI=1S/C14H17N3O3S/c1-3-14(20-2,11-7-5-4-6-8-11)13(21(15,18)19)12-9-16-10-17-12/h3-10,13H,1H2,2H3,(H,16,17)(H2,15,18,19). The number of aromatic amines is 1. The number of imidazole rings is 1. The lowest BCUT2D eigenvalue weighted by Crippen LogP contribution is -2.41.